The van der Waals surface area contributed by atoms with E-state index in [9.17, 15) is 4.79 Å². The maximum Gasteiger partial charge on any atom is 0.271 e. The van der Waals surface area contributed by atoms with Crippen LogP contribution in [0.2, 0.25) is 10.0 Å². The van der Waals surface area contributed by atoms with Crippen molar-refractivity contribution in [1.29, 1.82) is 0 Å². The summed E-state index contributed by atoms with van der Waals surface area (Å²) in [4.78, 5) is 20.8. The molecule has 2 aromatic heterocycles. The molecule has 134 valence electrons. The van der Waals surface area contributed by atoms with Gasteiger partial charge >= 0.3 is 0 Å². The second-order valence-corrected chi connectivity index (χ2v) is 6.40. The lowest BCUT2D eigenvalue weighted by Crippen LogP contribution is -2.30. The number of nitrogens with zero attached hydrogens (tertiary/aromatic N) is 4. The molecule has 2 N–H and O–H groups in total. The standard InChI is InChI=1S/C18H12Cl2N6O/c19-11-4-3-5-12(8-11)26-17-14(9-23-26)16(21-10-22-17)24-25-18(27)13-6-1-2-7-15(13)20/h1-10H,(H,25,27)(H,21,22,24). The molecule has 0 spiro atoms. The number of carbonyl (C=O) groups excluding carboxylic acids is 1. The van der Waals surface area contributed by atoms with E-state index in [1.165, 1.54) is 6.33 Å². The lowest BCUT2D eigenvalue weighted by molar-refractivity contribution is 0.0962. The highest BCUT2D eigenvalue weighted by atomic mass is 35.5. The van der Waals surface area contributed by atoms with Gasteiger partial charge in [-0.3, -0.25) is 15.6 Å². The van der Waals surface area contributed by atoms with Crippen LogP contribution in [0.25, 0.3) is 16.7 Å². The SMILES string of the molecule is O=C(NNc1ncnc2c1cnn2-c1cccc(Cl)c1)c1ccccc1Cl. The molecule has 0 radical (unpaired) electrons. The molecule has 0 aliphatic carbocycles. The number of aromatic nitrogens is 4. The van der Waals surface area contributed by atoms with E-state index in [2.05, 4.69) is 25.9 Å². The van der Waals surface area contributed by atoms with E-state index in [0.29, 0.717) is 32.5 Å². The van der Waals surface area contributed by atoms with Gasteiger partial charge in [0.15, 0.2) is 11.5 Å². The second kappa shape index (κ2) is 7.22. The van der Waals surface area contributed by atoms with E-state index in [0.717, 1.165) is 5.69 Å². The molecule has 0 aliphatic rings. The van der Waals surface area contributed by atoms with Crippen LogP contribution >= 0.6 is 23.2 Å². The Kier molecular flexibility index (Phi) is 4.62. The van der Waals surface area contributed by atoms with Crippen LogP contribution in [0.1, 0.15) is 10.4 Å². The van der Waals surface area contributed by atoms with Gasteiger partial charge in [-0.1, -0.05) is 41.4 Å². The fraction of sp³-hybridized carbons (Fsp3) is 0. The van der Waals surface area contributed by atoms with Crippen LogP contribution in [-0.2, 0) is 0 Å². The molecule has 4 aromatic rings. The fourth-order valence-electron chi connectivity index (χ4n) is 2.57. The van der Waals surface area contributed by atoms with Crippen molar-refractivity contribution in [1.82, 2.24) is 25.2 Å². The smallest absolute Gasteiger partial charge is 0.271 e. The van der Waals surface area contributed by atoms with Crippen molar-refractivity contribution in [3.8, 4) is 5.69 Å². The van der Waals surface area contributed by atoms with Crippen molar-refractivity contribution in [3.63, 3.8) is 0 Å². The molecule has 1 amide bonds. The predicted octanol–water partition coefficient (Wildman–Crippen LogP) is 3.88. The van der Waals surface area contributed by atoms with Crippen LogP contribution in [0.3, 0.4) is 0 Å². The highest BCUT2D eigenvalue weighted by Gasteiger charge is 2.13. The van der Waals surface area contributed by atoms with E-state index in [1.807, 2.05) is 12.1 Å². The summed E-state index contributed by atoms with van der Waals surface area (Å²) in [5.74, 6) is 0.0308. The number of hydrogen-bond acceptors (Lipinski definition) is 5. The number of benzene rings is 2. The molecule has 2 heterocycles. The highest BCUT2D eigenvalue weighted by molar-refractivity contribution is 6.33. The Morgan fingerprint density at radius 3 is 2.70 bits per heavy atom. The number of rotatable bonds is 4. The molecule has 0 saturated carbocycles. The summed E-state index contributed by atoms with van der Waals surface area (Å²) in [5.41, 5.74) is 7.08. The fourth-order valence-corrected chi connectivity index (χ4v) is 2.98. The summed E-state index contributed by atoms with van der Waals surface area (Å²) >= 11 is 12.1. The van der Waals surface area contributed by atoms with Crippen LogP contribution in [0.5, 0.6) is 0 Å². The first-order chi connectivity index (χ1) is 13.1. The summed E-state index contributed by atoms with van der Waals surface area (Å²) in [6.07, 6.45) is 3.00. The highest BCUT2D eigenvalue weighted by Crippen LogP contribution is 2.23. The van der Waals surface area contributed by atoms with Gasteiger partial charge in [-0.15, -0.1) is 0 Å². The van der Waals surface area contributed by atoms with E-state index < -0.39 is 0 Å². The summed E-state index contributed by atoms with van der Waals surface area (Å²) in [6, 6.07) is 14.0. The van der Waals surface area contributed by atoms with Gasteiger partial charge in [-0.25, -0.2) is 14.6 Å². The zero-order valence-electron chi connectivity index (χ0n) is 13.7. The average molecular weight is 399 g/mol. The topological polar surface area (TPSA) is 84.7 Å². The number of hydrazine groups is 1. The molecule has 0 atom stereocenters. The molecule has 2 aromatic carbocycles. The van der Waals surface area contributed by atoms with Gasteiger partial charge in [0.25, 0.3) is 5.91 Å². The van der Waals surface area contributed by atoms with Crippen molar-refractivity contribution in [2.75, 3.05) is 5.43 Å². The van der Waals surface area contributed by atoms with Crippen molar-refractivity contribution in [2.45, 2.75) is 0 Å². The van der Waals surface area contributed by atoms with Crippen LogP contribution < -0.4 is 10.9 Å². The van der Waals surface area contributed by atoms with Crippen LogP contribution in [0.4, 0.5) is 5.82 Å². The van der Waals surface area contributed by atoms with E-state index in [1.54, 1.807) is 47.3 Å². The van der Waals surface area contributed by atoms with Gasteiger partial charge in [0.1, 0.15) is 6.33 Å². The van der Waals surface area contributed by atoms with Gasteiger partial charge in [0.2, 0.25) is 0 Å². The Bertz CT molecular complexity index is 1140. The minimum atomic E-state index is -0.380. The number of fused-ring (bicyclic) bond motifs is 1. The summed E-state index contributed by atoms with van der Waals surface area (Å²) < 4.78 is 1.64. The first-order valence-corrected chi connectivity index (χ1v) is 8.64. The van der Waals surface area contributed by atoms with Crippen molar-refractivity contribution in [2.24, 2.45) is 0 Å². The average Bonchev–Trinajstić information content (AvgIpc) is 3.11. The van der Waals surface area contributed by atoms with Crippen LogP contribution in [0, 0.1) is 0 Å². The van der Waals surface area contributed by atoms with Gasteiger partial charge in [0, 0.05) is 5.02 Å². The zero-order chi connectivity index (χ0) is 18.8. The van der Waals surface area contributed by atoms with Crippen LogP contribution in [-0.4, -0.2) is 25.7 Å². The Morgan fingerprint density at radius 1 is 1.04 bits per heavy atom. The van der Waals surface area contributed by atoms with E-state index in [4.69, 9.17) is 23.2 Å². The van der Waals surface area contributed by atoms with Crippen molar-refractivity contribution >= 4 is 46.0 Å². The van der Waals surface area contributed by atoms with Gasteiger partial charge in [-0.05, 0) is 30.3 Å². The molecule has 0 bridgehead atoms. The molecule has 9 heteroatoms. The number of anilines is 1. The van der Waals surface area contributed by atoms with E-state index in [-0.39, 0.29) is 5.91 Å². The third-order valence-electron chi connectivity index (χ3n) is 3.83. The lowest BCUT2D eigenvalue weighted by Gasteiger charge is -2.09. The largest absolute Gasteiger partial charge is 0.281 e. The molecule has 27 heavy (non-hydrogen) atoms. The molecule has 0 fully saturated rings. The normalized spacial score (nSPS) is 10.7. The summed E-state index contributed by atoms with van der Waals surface area (Å²) in [6.45, 7) is 0. The zero-order valence-corrected chi connectivity index (χ0v) is 15.2. The van der Waals surface area contributed by atoms with Gasteiger partial charge in [-0.2, -0.15) is 5.10 Å². The van der Waals surface area contributed by atoms with Crippen molar-refractivity contribution in [3.05, 3.63) is 76.7 Å². The minimum absolute atomic E-state index is 0.353. The van der Waals surface area contributed by atoms with Gasteiger partial charge in [0.05, 0.1) is 27.9 Å². The first kappa shape index (κ1) is 17.3. The molecular weight excluding hydrogens is 387 g/mol. The molecule has 0 aliphatic heterocycles. The quantitative estimate of drug-likeness (QED) is 0.509. The predicted molar refractivity (Wildman–Crippen MR) is 104 cm³/mol. The van der Waals surface area contributed by atoms with Crippen molar-refractivity contribution < 1.29 is 4.79 Å². The number of carbonyl (C=O) groups is 1. The Balaban J connectivity index is 1.62. The Morgan fingerprint density at radius 2 is 1.89 bits per heavy atom. The maximum absolute atomic E-state index is 12.3. The number of nitrogens with one attached hydrogen (secondary N) is 2. The van der Waals surface area contributed by atoms with Crippen LogP contribution in [0.15, 0.2) is 61.1 Å². The number of hydrogen-bond donors (Lipinski definition) is 2. The number of amides is 1. The molecule has 7 nitrogen and oxygen atoms in total. The van der Waals surface area contributed by atoms with Gasteiger partial charge < -0.3 is 0 Å². The Hall–Kier alpha value is -3.16. The number of halogens is 2. The lowest BCUT2D eigenvalue weighted by atomic mass is 10.2. The Labute approximate surface area is 163 Å². The second-order valence-electron chi connectivity index (χ2n) is 5.55. The first-order valence-electron chi connectivity index (χ1n) is 7.89. The maximum atomic E-state index is 12.3. The van der Waals surface area contributed by atoms with E-state index >= 15 is 0 Å². The monoisotopic (exact) mass is 398 g/mol. The molecule has 0 saturated heterocycles. The summed E-state index contributed by atoms with van der Waals surface area (Å²) in [7, 11) is 0. The molecule has 4 rings (SSSR count). The summed E-state index contributed by atoms with van der Waals surface area (Å²) in [5, 5.41) is 5.94. The third kappa shape index (κ3) is 3.42. The minimum Gasteiger partial charge on any atom is -0.281 e. The third-order valence-corrected chi connectivity index (χ3v) is 4.40. The molecular formula is C18H12Cl2N6O. The molecule has 0 unspecified atom stereocenters.